The van der Waals surface area contributed by atoms with Crippen LogP contribution in [0.2, 0.25) is 0 Å². The molecule has 0 bridgehead atoms. The largest absolute Gasteiger partial charge is 0.385 e. The van der Waals surface area contributed by atoms with Gasteiger partial charge >= 0.3 is 0 Å². The predicted molar refractivity (Wildman–Crippen MR) is 117 cm³/mol. The van der Waals surface area contributed by atoms with Crippen molar-refractivity contribution in [1.82, 2.24) is 9.66 Å². The van der Waals surface area contributed by atoms with Gasteiger partial charge in [0.2, 0.25) is 0 Å². The molecule has 0 aliphatic rings. The van der Waals surface area contributed by atoms with E-state index in [1.165, 1.54) is 6.92 Å². The lowest BCUT2D eigenvalue weighted by Crippen LogP contribution is -2.25. The number of hydrogen-bond donors (Lipinski definition) is 1. The SMILES string of the molecule is C[C@H](O)c1nc2ccccc2c(=O)n1N=[S@@](=O)(Cc1ccccc1)c1ccccc1. The van der Waals surface area contributed by atoms with Gasteiger partial charge in [0.05, 0.1) is 16.7 Å². The van der Waals surface area contributed by atoms with Crippen LogP contribution in [0.3, 0.4) is 0 Å². The molecule has 0 aliphatic carbocycles. The highest BCUT2D eigenvalue weighted by atomic mass is 32.2. The fourth-order valence-corrected chi connectivity index (χ4v) is 5.18. The molecule has 0 radical (unpaired) electrons. The minimum Gasteiger partial charge on any atom is -0.385 e. The summed E-state index contributed by atoms with van der Waals surface area (Å²) < 4.78 is 19.6. The number of aliphatic hydroxyl groups excluding tert-OH is 1. The minimum atomic E-state index is -3.08. The van der Waals surface area contributed by atoms with Gasteiger partial charge in [0.15, 0.2) is 5.82 Å². The molecule has 0 aliphatic heterocycles. The summed E-state index contributed by atoms with van der Waals surface area (Å²) in [6.45, 7) is 1.50. The zero-order chi connectivity index (χ0) is 21.1. The third kappa shape index (κ3) is 3.90. The van der Waals surface area contributed by atoms with Crippen molar-refractivity contribution in [2.45, 2.75) is 23.7 Å². The third-order valence-corrected chi connectivity index (χ3v) is 6.84. The number of aliphatic hydroxyl groups is 1. The van der Waals surface area contributed by atoms with E-state index in [2.05, 4.69) is 9.46 Å². The van der Waals surface area contributed by atoms with Gasteiger partial charge in [0, 0.05) is 4.90 Å². The Bertz CT molecular complexity index is 1360. The van der Waals surface area contributed by atoms with Crippen molar-refractivity contribution in [1.29, 1.82) is 0 Å². The molecule has 0 unspecified atom stereocenters. The lowest BCUT2D eigenvalue weighted by molar-refractivity contribution is 0.183. The Morgan fingerprint density at radius 2 is 1.57 bits per heavy atom. The van der Waals surface area contributed by atoms with Crippen LogP contribution in [-0.4, -0.2) is 19.0 Å². The van der Waals surface area contributed by atoms with Crippen LogP contribution in [0.25, 0.3) is 10.9 Å². The first kappa shape index (κ1) is 20.0. The van der Waals surface area contributed by atoms with E-state index in [1.807, 2.05) is 36.4 Å². The van der Waals surface area contributed by atoms with Crippen LogP contribution >= 0.6 is 0 Å². The summed E-state index contributed by atoms with van der Waals surface area (Å²) in [6, 6.07) is 25.1. The van der Waals surface area contributed by atoms with E-state index in [0.717, 1.165) is 10.2 Å². The smallest absolute Gasteiger partial charge is 0.282 e. The summed E-state index contributed by atoms with van der Waals surface area (Å²) in [7, 11) is -3.08. The molecule has 1 N–H and O–H groups in total. The van der Waals surface area contributed by atoms with E-state index in [-0.39, 0.29) is 11.6 Å². The Labute approximate surface area is 174 Å². The molecule has 1 heterocycles. The molecule has 152 valence electrons. The van der Waals surface area contributed by atoms with Gasteiger partial charge in [-0.3, -0.25) is 4.79 Å². The second kappa shape index (κ2) is 8.22. The molecule has 4 rings (SSSR count). The van der Waals surface area contributed by atoms with Crippen LogP contribution in [0.5, 0.6) is 0 Å². The molecule has 30 heavy (non-hydrogen) atoms. The first-order valence-electron chi connectivity index (χ1n) is 9.52. The standard InChI is InChI=1S/C23H21N3O3S/c1-17(27)22-24-21-15-9-8-14-20(21)23(28)26(22)25-30(29,19-12-6-3-7-13-19)16-18-10-4-2-5-11-18/h2-15,17,27H,16H2,1H3/t17-,30+/m0/s1. The maximum Gasteiger partial charge on any atom is 0.282 e. The van der Waals surface area contributed by atoms with Crippen LogP contribution in [0.1, 0.15) is 24.4 Å². The van der Waals surface area contributed by atoms with E-state index in [1.54, 1.807) is 48.5 Å². The molecule has 7 heteroatoms. The summed E-state index contributed by atoms with van der Waals surface area (Å²) in [4.78, 5) is 18.1. The van der Waals surface area contributed by atoms with Crippen LogP contribution < -0.4 is 5.56 Å². The van der Waals surface area contributed by atoms with Crippen LogP contribution in [0.4, 0.5) is 0 Å². The van der Waals surface area contributed by atoms with Gasteiger partial charge in [-0.2, -0.15) is 4.68 Å². The van der Waals surface area contributed by atoms with Gasteiger partial charge in [-0.05, 0) is 36.8 Å². The van der Waals surface area contributed by atoms with E-state index >= 15 is 0 Å². The molecule has 0 fully saturated rings. The molecule has 6 nitrogen and oxygen atoms in total. The number of fused-ring (bicyclic) bond motifs is 1. The third-order valence-electron chi connectivity index (χ3n) is 4.68. The lowest BCUT2D eigenvalue weighted by atomic mass is 10.2. The van der Waals surface area contributed by atoms with Crippen molar-refractivity contribution >= 4 is 20.6 Å². The average Bonchev–Trinajstić information content (AvgIpc) is 2.77. The molecule has 0 amide bonds. The number of rotatable bonds is 5. The second-order valence-corrected chi connectivity index (χ2v) is 9.15. The molecule has 0 saturated heterocycles. The normalized spacial score (nSPS) is 14.2. The Morgan fingerprint density at radius 1 is 0.967 bits per heavy atom. The summed E-state index contributed by atoms with van der Waals surface area (Å²) in [5.74, 6) is 0.173. The fraction of sp³-hybridized carbons (Fsp3) is 0.130. The molecule has 0 saturated carbocycles. The molecule has 2 atom stereocenters. The maximum absolute atomic E-state index is 14.2. The van der Waals surface area contributed by atoms with E-state index in [0.29, 0.717) is 15.8 Å². The van der Waals surface area contributed by atoms with E-state index < -0.39 is 21.4 Å². The topological polar surface area (TPSA) is 84.6 Å². The highest BCUT2D eigenvalue weighted by molar-refractivity contribution is 7.92. The zero-order valence-electron chi connectivity index (χ0n) is 16.4. The Balaban J connectivity index is 2.03. The number of benzene rings is 3. The first-order valence-corrected chi connectivity index (χ1v) is 11.2. The molecular weight excluding hydrogens is 398 g/mol. The Hall–Kier alpha value is -3.29. The van der Waals surface area contributed by atoms with E-state index in [9.17, 15) is 14.1 Å². The van der Waals surface area contributed by atoms with Crippen LogP contribution in [0.15, 0.2) is 99.1 Å². The van der Waals surface area contributed by atoms with Gasteiger partial charge in [-0.1, -0.05) is 60.7 Å². The van der Waals surface area contributed by atoms with Crippen LogP contribution in [0, 0.1) is 0 Å². The van der Waals surface area contributed by atoms with Crippen molar-refractivity contribution in [3.05, 3.63) is 107 Å². The quantitative estimate of drug-likeness (QED) is 0.531. The summed E-state index contributed by atoms with van der Waals surface area (Å²) in [6.07, 6.45) is -1.07. The van der Waals surface area contributed by atoms with Crippen LogP contribution in [-0.2, 0) is 15.5 Å². The van der Waals surface area contributed by atoms with Gasteiger partial charge in [-0.25, -0.2) is 9.19 Å². The number of aromatic nitrogens is 2. The Morgan fingerprint density at radius 3 is 2.23 bits per heavy atom. The van der Waals surface area contributed by atoms with Crippen molar-refractivity contribution in [2.75, 3.05) is 0 Å². The fourth-order valence-electron chi connectivity index (χ4n) is 3.21. The summed E-state index contributed by atoms with van der Waals surface area (Å²) in [5, 5.41) is 10.6. The van der Waals surface area contributed by atoms with Crippen molar-refractivity contribution in [3.8, 4) is 0 Å². The molecular formula is C23H21N3O3S. The maximum atomic E-state index is 14.2. The highest BCUT2D eigenvalue weighted by Gasteiger charge is 2.20. The molecule has 1 aromatic heterocycles. The number of nitrogens with zero attached hydrogens (tertiary/aromatic N) is 3. The van der Waals surface area contributed by atoms with Crippen molar-refractivity contribution in [3.63, 3.8) is 0 Å². The van der Waals surface area contributed by atoms with Gasteiger partial charge in [0.25, 0.3) is 5.56 Å². The first-order chi connectivity index (χ1) is 14.5. The number of para-hydroxylation sites is 1. The highest BCUT2D eigenvalue weighted by Crippen LogP contribution is 2.21. The average molecular weight is 420 g/mol. The molecule has 0 spiro atoms. The summed E-state index contributed by atoms with van der Waals surface area (Å²) >= 11 is 0. The monoisotopic (exact) mass is 419 g/mol. The summed E-state index contributed by atoms with van der Waals surface area (Å²) in [5.41, 5.74) is 0.822. The van der Waals surface area contributed by atoms with E-state index in [4.69, 9.17) is 0 Å². The van der Waals surface area contributed by atoms with Gasteiger partial charge in [0.1, 0.15) is 15.8 Å². The zero-order valence-corrected chi connectivity index (χ0v) is 17.2. The predicted octanol–water partition coefficient (Wildman–Crippen LogP) is 3.94. The van der Waals surface area contributed by atoms with Gasteiger partial charge < -0.3 is 5.11 Å². The second-order valence-electron chi connectivity index (χ2n) is 6.95. The molecule has 3 aromatic carbocycles. The van der Waals surface area contributed by atoms with Crippen molar-refractivity contribution < 1.29 is 9.32 Å². The lowest BCUT2D eigenvalue weighted by Gasteiger charge is -2.15. The molecule has 4 aromatic rings. The van der Waals surface area contributed by atoms with Gasteiger partial charge in [-0.15, -0.1) is 4.47 Å². The van der Waals surface area contributed by atoms with Crippen molar-refractivity contribution in [2.24, 2.45) is 4.47 Å². The Kier molecular flexibility index (Phi) is 5.48. The minimum absolute atomic E-state index is 0.0513. The number of hydrogen-bond acceptors (Lipinski definition) is 5.